The van der Waals surface area contributed by atoms with E-state index in [0.717, 1.165) is 27.8 Å². The second kappa shape index (κ2) is 17.0. The van der Waals surface area contributed by atoms with Gasteiger partial charge < -0.3 is 5.11 Å². The Morgan fingerprint density at radius 2 is 0.875 bits per heavy atom. The van der Waals surface area contributed by atoms with Gasteiger partial charge in [-0.3, -0.25) is 0 Å². The van der Waals surface area contributed by atoms with Crippen molar-refractivity contribution in [2.45, 2.75) is 119 Å². The second-order valence-electron chi connectivity index (χ2n) is 16.4. The normalized spacial score (nSPS) is 11.6. The molecule has 0 bridgehead atoms. The van der Waals surface area contributed by atoms with Gasteiger partial charge in [-0.1, -0.05) is 119 Å². The van der Waals surface area contributed by atoms with Crippen molar-refractivity contribution >= 4 is 5.97 Å². The van der Waals surface area contributed by atoms with Gasteiger partial charge in [0.05, 0.1) is 5.56 Å². The van der Waals surface area contributed by atoms with Gasteiger partial charge in [0.25, 0.3) is 0 Å². The van der Waals surface area contributed by atoms with E-state index in [9.17, 15) is 18.0 Å². The summed E-state index contributed by atoms with van der Waals surface area (Å²) in [6, 6.07) is 24.1. The number of carbonyl (C=O) groups is 1. The molecule has 0 fully saturated rings. The SMILES string of the molecule is CC(C)(C)c1ccc(F)cc1.CC(C)(C)c1cccc(F)c1.Cc1cc(C(=O)O)cc(C(C)(C)C)c1.Cc1cc(F)cc(C(C)(C)C)c1. The van der Waals surface area contributed by atoms with Crippen molar-refractivity contribution in [1.82, 2.24) is 0 Å². The Kier molecular flexibility index (Phi) is 14.9. The van der Waals surface area contributed by atoms with Crippen LogP contribution in [0.4, 0.5) is 13.2 Å². The van der Waals surface area contributed by atoms with E-state index in [-0.39, 0.29) is 39.1 Å². The number of halogens is 3. The van der Waals surface area contributed by atoms with Gasteiger partial charge >= 0.3 is 5.97 Å². The predicted octanol–water partition coefficient (Wildman–Crippen LogP) is 12.7. The first-order valence-electron chi connectivity index (χ1n) is 16.4. The number of benzene rings is 4. The maximum atomic E-state index is 13.0. The van der Waals surface area contributed by atoms with Crippen molar-refractivity contribution in [2.24, 2.45) is 0 Å². The van der Waals surface area contributed by atoms with Gasteiger partial charge in [0.15, 0.2) is 0 Å². The Morgan fingerprint density at radius 1 is 0.458 bits per heavy atom. The van der Waals surface area contributed by atoms with Gasteiger partial charge in [-0.2, -0.15) is 0 Å². The molecule has 0 unspecified atom stereocenters. The maximum Gasteiger partial charge on any atom is 0.335 e. The van der Waals surface area contributed by atoms with Crippen molar-refractivity contribution in [1.29, 1.82) is 0 Å². The molecular weight excluding hydrogens is 605 g/mol. The molecular formula is C43H57F3O2. The van der Waals surface area contributed by atoms with E-state index in [4.69, 9.17) is 5.11 Å². The average molecular weight is 663 g/mol. The van der Waals surface area contributed by atoms with Crippen molar-refractivity contribution < 1.29 is 23.1 Å². The zero-order valence-corrected chi connectivity index (χ0v) is 31.6. The Morgan fingerprint density at radius 3 is 1.25 bits per heavy atom. The van der Waals surface area contributed by atoms with Gasteiger partial charge in [-0.05, 0) is 117 Å². The molecule has 0 amide bonds. The summed E-state index contributed by atoms with van der Waals surface area (Å²) in [6.45, 7) is 28.9. The van der Waals surface area contributed by atoms with E-state index in [0.29, 0.717) is 5.56 Å². The van der Waals surface area contributed by atoms with Crippen LogP contribution in [0, 0.1) is 31.3 Å². The van der Waals surface area contributed by atoms with Crippen molar-refractivity contribution in [2.75, 3.05) is 0 Å². The third-order valence-corrected chi connectivity index (χ3v) is 7.50. The lowest BCUT2D eigenvalue weighted by Gasteiger charge is -2.20. The fourth-order valence-corrected chi connectivity index (χ4v) is 4.41. The predicted molar refractivity (Wildman–Crippen MR) is 197 cm³/mol. The van der Waals surface area contributed by atoms with E-state index < -0.39 is 5.97 Å². The van der Waals surface area contributed by atoms with Gasteiger partial charge in [0.1, 0.15) is 17.5 Å². The van der Waals surface area contributed by atoms with Gasteiger partial charge in [-0.15, -0.1) is 0 Å². The first-order valence-corrected chi connectivity index (χ1v) is 16.4. The summed E-state index contributed by atoms with van der Waals surface area (Å²) >= 11 is 0. The van der Waals surface area contributed by atoms with Crippen LogP contribution in [0.2, 0.25) is 0 Å². The molecule has 48 heavy (non-hydrogen) atoms. The molecule has 5 heteroatoms. The molecule has 0 aliphatic heterocycles. The molecule has 4 aromatic rings. The molecule has 2 nitrogen and oxygen atoms in total. The first kappa shape index (κ1) is 42.2. The number of aromatic carboxylic acids is 1. The smallest absolute Gasteiger partial charge is 0.335 e. The summed E-state index contributed by atoms with van der Waals surface area (Å²) in [5, 5.41) is 8.90. The summed E-state index contributed by atoms with van der Waals surface area (Å²) in [5.41, 5.74) is 6.87. The molecule has 0 aromatic heterocycles. The molecule has 0 aliphatic carbocycles. The highest BCUT2D eigenvalue weighted by Crippen LogP contribution is 2.26. The third-order valence-electron chi connectivity index (χ3n) is 7.50. The number of hydrogen-bond acceptors (Lipinski definition) is 1. The minimum atomic E-state index is -0.862. The van der Waals surface area contributed by atoms with Crippen molar-refractivity contribution in [3.8, 4) is 0 Å². The quantitative estimate of drug-likeness (QED) is 0.220. The maximum absolute atomic E-state index is 13.0. The lowest BCUT2D eigenvalue weighted by atomic mass is 9.85. The number of carboxylic acids is 1. The van der Waals surface area contributed by atoms with E-state index in [2.05, 4.69) is 83.1 Å². The summed E-state index contributed by atoms with van der Waals surface area (Å²) in [5.74, 6) is -1.32. The Hall–Kier alpha value is -3.86. The average Bonchev–Trinajstić information content (AvgIpc) is 2.92. The van der Waals surface area contributed by atoms with E-state index in [1.54, 1.807) is 36.4 Å². The van der Waals surface area contributed by atoms with Crippen molar-refractivity contribution in [3.63, 3.8) is 0 Å². The van der Waals surface area contributed by atoms with Crippen LogP contribution in [-0.4, -0.2) is 11.1 Å². The van der Waals surface area contributed by atoms with Crippen LogP contribution >= 0.6 is 0 Å². The summed E-state index contributed by atoms with van der Waals surface area (Å²) < 4.78 is 38.1. The highest BCUT2D eigenvalue weighted by atomic mass is 19.1. The van der Waals surface area contributed by atoms with Crippen LogP contribution in [0.1, 0.15) is 127 Å². The monoisotopic (exact) mass is 662 g/mol. The summed E-state index contributed by atoms with van der Waals surface area (Å²) in [7, 11) is 0. The van der Waals surface area contributed by atoms with Crippen LogP contribution < -0.4 is 0 Å². The molecule has 4 aromatic carbocycles. The van der Waals surface area contributed by atoms with Crippen LogP contribution in [0.5, 0.6) is 0 Å². The zero-order valence-electron chi connectivity index (χ0n) is 31.6. The first-order chi connectivity index (χ1) is 21.7. The molecule has 1 N–H and O–H groups in total. The van der Waals surface area contributed by atoms with E-state index in [1.807, 2.05) is 44.2 Å². The molecule has 0 aliphatic rings. The van der Waals surface area contributed by atoms with Gasteiger partial charge in [0.2, 0.25) is 0 Å². The molecule has 0 saturated heterocycles. The summed E-state index contributed by atoms with van der Waals surface area (Å²) in [6.07, 6.45) is 0. The third kappa shape index (κ3) is 15.4. The highest BCUT2D eigenvalue weighted by molar-refractivity contribution is 5.88. The Bertz CT molecular complexity index is 1590. The fraction of sp³-hybridized carbons (Fsp3) is 0.419. The molecule has 262 valence electrons. The Labute approximate surface area is 288 Å². The zero-order chi connectivity index (χ0) is 37.3. The van der Waals surface area contributed by atoms with Crippen LogP contribution in [0.15, 0.2) is 84.9 Å². The van der Waals surface area contributed by atoms with Crippen molar-refractivity contribution in [3.05, 3.63) is 141 Å². The number of rotatable bonds is 1. The Balaban J connectivity index is 0.000000322. The summed E-state index contributed by atoms with van der Waals surface area (Å²) in [4.78, 5) is 10.8. The topological polar surface area (TPSA) is 37.3 Å². The standard InChI is InChI=1S/C12H16O2.C11H15F.2C10H13F/c1-8-5-9(11(13)14)7-10(6-8)12(2,3)4;1-8-5-9(11(2,3)4)7-10(12)6-8;1-10(2,3)8-4-6-9(11)7-5-8;1-10(2,3)8-5-4-6-9(11)7-8/h5-7H,1-4H3,(H,13,14);5-7H,1-4H3;2*4-7H,1-3H3. The molecule has 4 rings (SSSR count). The number of carboxylic acid groups (broad SMARTS) is 1. The number of hydrogen-bond donors (Lipinski definition) is 1. The van der Waals surface area contributed by atoms with E-state index in [1.165, 1.54) is 23.8 Å². The lowest BCUT2D eigenvalue weighted by Crippen LogP contribution is -2.12. The molecule has 0 atom stereocenters. The lowest BCUT2D eigenvalue weighted by molar-refractivity contribution is 0.0696. The van der Waals surface area contributed by atoms with E-state index >= 15 is 0 Å². The second-order valence-corrected chi connectivity index (χ2v) is 16.4. The van der Waals surface area contributed by atoms with Gasteiger partial charge in [-0.25, -0.2) is 18.0 Å². The number of aryl methyl sites for hydroxylation is 2. The van der Waals surface area contributed by atoms with Crippen LogP contribution in [0.3, 0.4) is 0 Å². The van der Waals surface area contributed by atoms with Gasteiger partial charge in [0, 0.05) is 0 Å². The largest absolute Gasteiger partial charge is 0.478 e. The molecule has 0 heterocycles. The minimum Gasteiger partial charge on any atom is -0.478 e. The minimum absolute atomic E-state index is 0.00375. The molecule has 0 radical (unpaired) electrons. The van der Waals surface area contributed by atoms with Crippen LogP contribution in [0.25, 0.3) is 0 Å². The molecule has 0 saturated carbocycles. The highest BCUT2D eigenvalue weighted by Gasteiger charge is 2.17. The fourth-order valence-electron chi connectivity index (χ4n) is 4.41. The molecule has 0 spiro atoms. The van der Waals surface area contributed by atoms with Crippen LogP contribution in [-0.2, 0) is 21.7 Å².